The Hall–Kier alpha value is -1.14. The van der Waals surface area contributed by atoms with Crippen molar-refractivity contribution in [2.45, 2.75) is 116 Å². The average molecular weight is 566 g/mol. The minimum absolute atomic E-state index is 0.00221. The maximum Gasteiger partial charge on any atom is 0.252 e. The lowest BCUT2D eigenvalue weighted by Crippen LogP contribution is -2.49. The Morgan fingerprint density at radius 1 is 0.806 bits per heavy atom. The largest absolute Gasteiger partial charge is 0.354 e. The number of aromatic nitrogens is 1. The highest BCUT2D eigenvalue weighted by Gasteiger charge is 2.19. The molecule has 2 heterocycles. The molecule has 2 rings (SSSR count). The van der Waals surface area contributed by atoms with E-state index in [9.17, 15) is 4.79 Å². The average Bonchev–Trinajstić information content (AvgIpc) is 2.90. The fourth-order valence-electron chi connectivity index (χ4n) is 5.00. The van der Waals surface area contributed by atoms with Crippen molar-refractivity contribution in [1.29, 1.82) is 0 Å². The van der Waals surface area contributed by atoms with Gasteiger partial charge >= 0.3 is 0 Å². The molecular formula is C30H53BrN4O. The van der Waals surface area contributed by atoms with E-state index >= 15 is 0 Å². The Morgan fingerprint density at radius 2 is 1.31 bits per heavy atom. The summed E-state index contributed by atoms with van der Waals surface area (Å²) in [4.78, 5) is 21.8. The standard InChI is InChI=1S/C30H53BrN4O/c1-27(2)34-22-24-35(25-23-34)29-19-18-28(26-33-29)30(36)32-21-17-15-13-11-9-7-5-3-4-6-8-10-12-14-16-20-31/h18-19,26-27H,3-17,20-25H2,1-2H3,(H,32,36). The summed E-state index contributed by atoms with van der Waals surface area (Å²) >= 11 is 3.50. The summed E-state index contributed by atoms with van der Waals surface area (Å²) < 4.78 is 0. The molecule has 6 heteroatoms. The Balaban J connectivity index is 1.41. The van der Waals surface area contributed by atoms with E-state index in [2.05, 4.69) is 49.9 Å². The van der Waals surface area contributed by atoms with Crippen LogP contribution in [0.25, 0.3) is 0 Å². The van der Waals surface area contributed by atoms with Gasteiger partial charge in [0.1, 0.15) is 5.82 Å². The van der Waals surface area contributed by atoms with Crippen molar-refractivity contribution in [3.05, 3.63) is 23.9 Å². The molecule has 0 unspecified atom stereocenters. The van der Waals surface area contributed by atoms with Crippen molar-refractivity contribution in [2.75, 3.05) is 43.0 Å². The molecule has 0 aliphatic carbocycles. The van der Waals surface area contributed by atoms with Gasteiger partial charge in [-0.2, -0.15) is 0 Å². The highest BCUT2D eigenvalue weighted by Crippen LogP contribution is 2.16. The number of anilines is 1. The maximum atomic E-state index is 12.4. The number of carbonyl (C=O) groups excluding carboxylic acids is 1. The summed E-state index contributed by atoms with van der Waals surface area (Å²) in [6.07, 6.45) is 22.0. The van der Waals surface area contributed by atoms with Crippen LogP contribution >= 0.6 is 15.9 Å². The predicted octanol–water partition coefficient (Wildman–Crippen LogP) is 7.59. The van der Waals surface area contributed by atoms with Crippen LogP contribution in [0.3, 0.4) is 0 Å². The maximum absolute atomic E-state index is 12.4. The number of halogens is 1. The summed E-state index contributed by atoms with van der Waals surface area (Å²) in [5.74, 6) is 0.976. The Labute approximate surface area is 230 Å². The van der Waals surface area contributed by atoms with E-state index in [0.717, 1.165) is 50.3 Å². The second-order valence-corrected chi connectivity index (χ2v) is 11.6. The van der Waals surface area contributed by atoms with Gasteiger partial charge in [-0.05, 0) is 38.8 Å². The zero-order valence-electron chi connectivity index (χ0n) is 23.3. The number of alkyl halides is 1. The molecule has 1 aliphatic rings. The third-order valence-corrected chi connectivity index (χ3v) is 8.04. The lowest BCUT2D eigenvalue weighted by atomic mass is 10.0. The molecule has 206 valence electrons. The number of rotatable bonds is 20. The number of piperazine rings is 1. The minimum Gasteiger partial charge on any atom is -0.354 e. The minimum atomic E-state index is -0.00221. The van der Waals surface area contributed by atoms with Crippen LogP contribution < -0.4 is 10.2 Å². The van der Waals surface area contributed by atoms with Crippen molar-refractivity contribution in [3.8, 4) is 0 Å². The first-order valence-corrected chi connectivity index (χ1v) is 16.0. The normalized spacial score (nSPS) is 14.5. The van der Waals surface area contributed by atoms with Gasteiger partial charge in [-0.25, -0.2) is 4.98 Å². The van der Waals surface area contributed by atoms with Crippen molar-refractivity contribution in [1.82, 2.24) is 15.2 Å². The fraction of sp³-hybridized carbons (Fsp3) is 0.800. The molecule has 1 aromatic rings. The van der Waals surface area contributed by atoms with E-state index in [1.807, 2.05) is 12.1 Å². The monoisotopic (exact) mass is 564 g/mol. The molecule has 0 aromatic carbocycles. The van der Waals surface area contributed by atoms with Crippen molar-refractivity contribution in [3.63, 3.8) is 0 Å². The van der Waals surface area contributed by atoms with Crippen LogP contribution in [0.15, 0.2) is 18.3 Å². The number of hydrogen-bond donors (Lipinski definition) is 1. The van der Waals surface area contributed by atoms with Gasteiger partial charge in [0.05, 0.1) is 5.56 Å². The van der Waals surface area contributed by atoms with Crippen LogP contribution in [0, 0.1) is 0 Å². The Bertz CT molecular complexity index is 674. The molecule has 1 aliphatic heterocycles. The highest BCUT2D eigenvalue weighted by molar-refractivity contribution is 9.09. The number of nitrogens with one attached hydrogen (secondary N) is 1. The number of carbonyl (C=O) groups is 1. The summed E-state index contributed by atoms with van der Waals surface area (Å²) in [6.45, 7) is 9.39. The quantitative estimate of drug-likeness (QED) is 0.131. The van der Waals surface area contributed by atoms with Gasteiger partial charge in [-0.1, -0.05) is 99.4 Å². The van der Waals surface area contributed by atoms with Crippen molar-refractivity contribution < 1.29 is 4.79 Å². The van der Waals surface area contributed by atoms with E-state index in [1.165, 1.54) is 89.9 Å². The lowest BCUT2D eigenvalue weighted by molar-refractivity contribution is 0.0952. The molecule has 1 saturated heterocycles. The third-order valence-electron chi connectivity index (χ3n) is 7.47. The van der Waals surface area contributed by atoms with Gasteiger partial charge in [0, 0.05) is 50.3 Å². The van der Waals surface area contributed by atoms with E-state index in [-0.39, 0.29) is 5.91 Å². The second kappa shape index (κ2) is 19.9. The number of nitrogens with zero attached hydrogens (tertiary/aromatic N) is 3. The smallest absolute Gasteiger partial charge is 0.252 e. The lowest BCUT2D eigenvalue weighted by Gasteiger charge is -2.37. The molecule has 1 amide bonds. The molecule has 0 bridgehead atoms. The Kier molecular flexibility index (Phi) is 17.2. The number of hydrogen-bond acceptors (Lipinski definition) is 4. The summed E-state index contributed by atoms with van der Waals surface area (Å²) in [5.41, 5.74) is 0.661. The predicted molar refractivity (Wildman–Crippen MR) is 159 cm³/mol. The van der Waals surface area contributed by atoms with E-state index in [1.54, 1.807) is 6.20 Å². The van der Waals surface area contributed by atoms with Gasteiger partial charge in [0.25, 0.3) is 5.91 Å². The highest BCUT2D eigenvalue weighted by atomic mass is 79.9. The molecule has 0 radical (unpaired) electrons. The topological polar surface area (TPSA) is 48.5 Å². The Morgan fingerprint density at radius 3 is 1.75 bits per heavy atom. The molecule has 1 N–H and O–H groups in total. The molecule has 0 saturated carbocycles. The van der Waals surface area contributed by atoms with Crippen LogP contribution in [0.4, 0.5) is 5.82 Å². The third kappa shape index (κ3) is 13.4. The van der Waals surface area contributed by atoms with Gasteiger partial charge in [0.2, 0.25) is 0 Å². The molecule has 1 fully saturated rings. The van der Waals surface area contributed by atoms with Crippen LogP contribution in [0.2, 0.25) is 0 Å². The molecular weight excluding hydrogens is 512 g/mol. The molecule has 5 nitrogen and oxygen atoms in total. The summed E-state index contributed by atoms with van der Waals surface area (Å²) in [5, 5.41) is 4.23. The molecule has 36 heavy (non-hydrogen) atoms. The first kappa shape index (κ1) is 31.1. The first-order valence-electron chi connectivity index (χ1n) is 14.9. The van der Waals surface area contributed by atoms with Crippen molar-refractivity contribution in [2.24, 2.45) is 0 Å². The van der Waals surface area contributed by atoms with E-state index in [0.29, 0.717) is 11.6 Å². The molecule has 1 aromatic heterocycles. The fourth-order valence-corrected chi connectivity index (χ4v) is 5.39. The number of pyridine rings is 1. The van der Waals surface area contributed by atoms with Crippen molar-refractivity contribution >= 4 is 27.7 Å². The zero-order valence-corrected chi connectivity index (χ0v) is 24.9. The number of unbranched alkanes of at least 4 members (excludes halogenated alkanes) is 14. The van der Waals surface area contributed by atoms with Gasteiger partial charge in [0.15, 0.2) is 0 Å². The van der Waals surface area contributed by atoms with Gasteiger partial charge in [-0.15, -0.1) is 0 Å². The number of amides is 1. The molecule has 0 atom stereocenters. The summed E-state index contributed by atoms with van der Waals surface area (Å²) in [7, 11) is 0. The van der Waals surface area contributed by atoms with E-state index < -0.39 is 0 Å². The van der Waals surface area contributed by atoms with Crippen LogP contribution in [0.5, 0.6) is 0 Å². The van der Waals surface area contributed by atoms with Crippen LogP contribution in [-0.2, 0) is 0 Å². The SMILES string of the molecule is CC(C)N1CCN(c2ccc(C(=O)NCCCCCCCCCCCCCCCCCBr)cn2)CC1. The summed E-state index contributed by atoms with van der Waals surface area (Å²) in [6, 6.07) is 4.51. The van der Waals surface area contributed by atoms with E-state index in [4.69, 9.17) is 0 Å². The van der Waals surface area contributed by atoms with Gasteiger partial charge in [-0.3, -0.25) is 9.69 Å². The zero-order chi connectivity index (χ0) is 25.8. The van der Waals surface area contributed by atoms with Gasteiger partial charge < -0.3 is 10.2 Å². The van der Waals surface area contributed by atoms with Crippen LogP contribution in [0.1, 0.15) is 121 Å². The first-order chi connectivity index (χ1) is 17.6. The molecule has 0 spiro atoms. The van der Waals surface area contributed by atoms with Crippen LogP contribution in [-0.4, -0.2) is 59.9 Å². The second-order valence-electron chi connectivity index (χ2n) is 10.8.